The fourth-order valence-corrected chi connectivity index (χ4v) is 2.25. The highest BCUT2D eigenvalue weighted by Crippen LogP contribution is 2.51. The third-order valence-corrected chi connectivity index (χ3v) is 3.59. The van der Waals surface area contributed by atoms with E-state index in [1.165, 1.54) is 0 Å². The van der Waals surface area contributed by atoms with Gasteiger partial charge in [0, 0.05) is 0 Å². The summed E-state index contributed by atoms with van der Waals surface area (Å²) in [6, 6.07) is 0. The molecule has 1 nitrogen and oxygen atoms in total. The number of hydrogen-bond donors (Lipinski definition) is 0. The Hall–Kier alpha value is -0.740. The van der Waals surface area contributed by atoms with Crippen molar-refractivity contribution in [3.8, 4) is 0 Å². The van der Waals surface area contributed by atoms with Gasteiger partial charge in [0.25, 0.3) is 0 Å². The standard InChI is InChI=1S/C12H16F10O/c1-5(13)9(6(2)14,11(17,18)19)23-10(7(3)15,8(4)16)12(20,21)22/h5-8H,1-4H3. The maximum atomic E-state index is 13.5. The predicted octanol–water partition coefficient (Wildman–Crippen LogP) is 5.04. The largest absolute Gasteiger partial charge is 0.423 e. The van der Waals surface area contributed by atoms with Gasteiger partial charge in [-0.15, -0.1) is 0 Å². The lowest BCUT2D eigenvalue weighted by molar-refractivity contribution is -0.406. The van der Waals surface area contributed by atoms with Gasteiger partial charge >= 0.3 is 12.4 Å². The molecule has 4 atom stereocenters. The van der Waals surface area contributed by atoms with E-state index in [1.807, 2.05) is 0 Å². The third kappa shape index (κ3) is 3.53. The summed E-state index contributed by atoms with van der Waals surface area (Å²) in [6.45, 7) is 0.375. The molecule has 0 saturated heterocycles. The molecule has 0 aliphatic heterocycles. The number of halogens is 10. The van der Waals surface area contributed by atoms with Crippen molar-refractivity contribution >= 4 is 0 Å². The third-order valence-electron chi connectivity index (χ3n) is 3.59. The minimum absolute atomic E-state index is 0.0938. The van der Waals surface area contributed by atoms with Gasteiger partial charge < -0.3 is 4.74 Å². The van der Waals surface area contributed by atoms with Crippen molar-refractivity contribution in [2.24, 2.45) is 0 Å². The molecular formula is C12H16F10O. The van der Waals surface area contributed by atoms with Gasteiger partial charge in [0.05, 0.1) is 0 Å². The Morgan fingerprint density at radius 1 is 0.522 bits per heavy atom. The van der Waals surface area contributed by atoms with Gasteiger partial charge in [0.15, 0.2) is 0 Å². The van der Waals surface area contributed by atoms with E-state index in [4.69, 9.17) is 0 Å². The zero-order valence-corrected chi connectivity index (χ0v) is 12.5. The molecule has 0 aromatic heterocycles. The second-order valence-electron chi connectivity index (χ2n) is 5.15. The van der Waals surface area contributed by atoms with Crippen LogP contribution in [0.3, 0.4) is 0 Å². The summed E-state index contributed by atoms with van der Waals surface area (Å²) in [4.78, 5) is 0. The zero-order chi connectivity index (χ0) is 19.0. The van der Waals surface area contributed by atoms with Gasteiger partial charge in [-0.2, -0.15) is 26.3 Å². The van der Waals surface area contributed by atoms with Crippen molar-refractivity contribution in [1.29, 1.82) is 0 Å². The summed E-state index contributed by atoms with van der Waals surface area (Å²) in [5, 5.41) is 0. The Labute approximate surface area is 126 Å². The molecule has 0 spiro atoms. The van der Waals surface area contributed by atoms with Gasteiger partial charge in [-0.05, 0) is 27.7 Å². The summed E-state index contributed by atoms with van der Waals surface area (Å²) >= 11 is 0. The van der Waals surface area contributed by atoms with Crippen molar-refractivity contribution in [2.45, 2.75) is 75.9 Å². The maximum absolute atomic E-state index is 13.5. The first-order valence-corrected chi connectivity index (χ1v) is 6.38. The Kier molecular flexibility index (Phi) is 6.42. The summed E-state index contributed by atoms with van der Waals surface area (Å²) < 4.78 is 136. The summed E-state index contributed by atoms with van der Waals surface area (Å²) in [6.07, 6.45) is -25.5. The Balaban J connectivity index is 6.53. The topological polar surface area (TPSA) is 9.23 Å². The highest BCUT2D eigenvalue weighted by atomic mass is 19.4. The van der Waals surface area contributed by atoms with Crippen LogP contribution in [0.25, 0.3) is 0 Å². The predicted molar refractivity (Wildman–Crippen MR) is 60.9 cm³/mol. The highest BCUT2D eigenvalue weighted by Gasteiger charge is 2.74. The van der Waals surface area contributed by atoms with Crippen LogP contribution < -0.4 is 0 Å². The van der Waals surface area contributed by atoms with Crippen LogP contribution in [0.2, 0.25) is 0 Å². The lowest BCUT2D eigenvalue weighted by Crippen LogP contribution is -2.70. The molecule has 0 aliphatic carbocycles. The minimum atomic E-state index is -6.00. The van der Waals surface area contributed by atoms with E-state index in [0.717, 1.165) is 0 Å². The second kappa shape index (κ2) is 6.64. The number of ether oxygens (including phenoxy) is 1. The zero-order valence-electron chi connectivity index (χ0n) is 12.5. The minimum Gasteiger partial charge on any atom is -0.338 e. The first-order valence-electron chi connectivity index (χ1n) is 6.38. The molecule has 0 amide bonds. The van der Waals surface area contributed by atoms with Crippen LogP contribution in [-0.4, -0.2) is 48.2 Å². The van der Waals surface area contributed by atoms with E-state index < -0.39 is 48.2 Å². The average Bonchev–Trinajstić information content (AvgIpc) is 2.23. The maximum Gasteiger partial charge on any atom is 0.423 e. The van der Waals surface area contributed by atoms with Crippen LogP contribution in [0.15, 0.2) is 0 Å². The van der Waals surface area contributed by atoms with Crippen LogP contribution in [0, 0.1) is 0 Å². The summed E-state index contributed by atoms with van der Waals surface area (Å²) in [7, 11) is 0. The van der Waals surface area contributed by atoms with Gasteiger partial charge in [0.2, 0.25) is 11.2 Å². The number of rotatable bonds is 6. The molecule has 0 aromatic carbocycles. The first-order chi connectivity index (χ1) is 9.98. The van der Waals surface area contributed by atoms with Crippen molar-refractivity contribution in [1.82, 2.24) is 0 Å². The molecule has 0 aromatic rings. The molecule has 0 N–H and O–H groups in total. The lowest BCUT2D eigenvalue weighted by atomic mass is 9.86. The summed E-state index contributed by atoms with van der Waals surface area (Å²) in [5.41, 5.74) is -9.38. The first kappa shape index (κ1) is 22.3. The second-order valence-corrected chi connectivity index (χ2v) is 5.15. The molecule has 0 aliphatic rings. The average molecular weight is 366 g/mol. The molecule has 0 rings (SSSR count). The number of alkyl halides is 10. The van der Waals surface area contributed by atoms with Gasteiger partial charge in [-0.1, -0.05) is 0 Å². The quantitative estimate of drug-likeness (QED) is 0.599. The van der Waals surface area contributed by atoms with E-state index in [2.05, 4.69) is 4.74 Å². The van der Waals surface area contributed by atoms with Crippen LogP contribution in [0.4, 0.5) is 43.9 Å². The van der Waals surface area contributed by atoms with Crippen LogP contribution in [-0.2, 0) is 4.74 Å². The molecule has 0 bridgehead atoms. The van der Waals surface area contributed by atoms with E-state index in [9.17, 15) is 43.9 Å². The molecule has 23 heavy (non-hydrogen) atoms. The molecule has 11 heteroatoms. The van der Waals surface area contributed by atoms with E-state index in [1.54, 1.807) is 0 Å². The van der Waals surface area contributed by atoms with Gasteiger partial charge in [-0.3, -0.25) is 0 Å². The summed E-state index contributed by atoms with van der Waals surface area (Å²) in [5.74, 6) is 0. The normalized spacial score (nSPS) is 24.3. The fourth-order valence-electron chi connectivity index (χ4n) is 2.25. The molecular weight excluding hydrogens is 350 g/mol. The Morgan fingerprint density at radius 2 is 0.696 bits per heavy atom. The Bertz CT molecular complexity index is 330. The lowest BCUT2D eigenvalue weighted by Gasteiger charge is -2.47. The van der Waals surface area contributed by atoms with Gasteiger partial charge in [-0.25, -0.2) is 17.6 Å². The van der Waals surface area contributed by atoms with Crippen molar-refractivity contribution < 1.29 is 48.6 Å². The Morgan fingerprint density at radius 3 is 0.783 bits per heavy atom. The molecule has 4 unspecified atom stereocenters. The van der Waals surface area contributed by atoms with E-state index in [-0.39, 0.29) is 27.7 Å². The molecule has 0 saturated carbocycles. The fraction of sp³-hybridized carbons (Fsp3) is 1.00. The van der Waals surface area contributed by atoms with Crippen LogP contribution in [0.1, 0.15) is 27.7 Å². The van der Waals surface area contributed by atoms with Crippen LogP contribution in [0.5, 0.6) is 0 Å². The van der Waals surface area contributed by atoms with Gasteiger partial charge in [0.1, 0.15) is 24.7 Å². The molecule has 140 valence electrons. The van der Waals surface area contributed by atoms with Crippen LogP contribution >= 0.6 is 0 Å². The highest BCUT2D eigenvalue weighted by molar-refractivity contribution is 5.07. The molecule has 0 fully saturated rings. The smallest absolute Gasteiger partial charge is 0.338 e. The SMILES string of the molecule is CC(F)C(OC(C(C)F)(C(C)F)C(F)(F)F)(C(C)F)C(F)(F)F. The van der Waals surface area contributed by atoms with E-state index >= 15 is 0 Å². The van der Waals surface area contributed by atoms with Crippen molar-refractivity contribution in [3.63, 3.8) is 0 Å². The monoisotopic (exact) mass is 366 g/mol. The van der Waals surface area contributed by atoms with E-state index in [0.29, 0.717) is 0 Å². The number of hydrogen-bond acceptors (Lipinski definition) is 1. The van der Waals surface area contributed by atoms with Crippen molar-refractivity contribution in [3.05, 3.63) is 0 Å². The molecule has 0 heterocycles. The van der Waals surface area contributed by atoms with Crippen molar-refractivity contribution in [2.75, 3.05) is 0 Å². The molecule has 0 radical (unpaired) electrons.